The molecular weight excluding hydrogens is 985 g/mol. The van der Waals surface area contributed by atoms with Crippen molar-refractivity contribution >= 4 is 47.6 Å². The number of ether oxygens (including phenoxy) is 2. The van der Waals surface area contributed by atoms with E-state index < -0.39 is 18.0 Å². The molecule has 0 aliphatic carbocycles. The van der Waals surface area contributed by atoms with E-state index in [9.17, 15) is 9.59 Å². The van der Waals surface area contributed by atoms with Gasteiger partial charge in [-0.3, -0.25) is 9.59 Å². The molecule has 20 nitrogen and oxygen atoms in total. The molecule has 20 heteroatoms. The molecule has 6 rings (SSSR count). The molecule has 2 aromatic heterocycles. The molecule has 4 fully saturated rings. The molecule has 6 N–H and O–H groups in total. The number of esters is 2. The number of carbonyl (C=O) groups excluding carboxylic acids is 2. The lowest BCUT2D eigenvalue weighted by Crippen LogP contribution is -2.62. The van der Waals surface area contributed by atoms with Crippen LogP contribution in [0.2, 0.25) is 0 Å². The summed E-state index contributed by atoms with van der Waals surface area (Å²) < 4.78 is 11.6. The van der Waals surface area contributed by atoms with Gasteiger partial charge in [0, 0.05) is 101 Å². The lowest BCUT2D eigenvalue weighted by molar-refractivity contribution is -0.148. The molecule has 4 saturated heterocycles. The van der Waals surface area contributed by atoms with Crippen LogP contribution in [-0.4, -0.2) is 162 Å². The molecular formula is C58H106N16O4. The first-order chi connectivity index (χ1) is 35.9. The molecule has 6 heterocycles. The first-order valence-corrected chi connectivity index (χ1v) is 29.5. The standard InChI is InChI=1S/C58H106N16O4/c1-22-71(39-28-51(6,7)67-52(8,9)29-39)47-61-45(62-48(65-47)72(23-2)40-30-53(10,11)68-54(12,13)31-40)59-36-43(75)77-27-26-38(5)78-44(76)37-60-46-63-49(73(24-3)41-32-55(14,15)69-56(16,17)33-41)66-50(64-46)74(25-4)42-34-57(18,19)70-58(20,21)35-42/h38-42,67-70H,22-37H2,1-21H3,(H,59,61,62,65)(H,60,63,64,66). The highest BCUT2D eigenvalue weighted by molar-refractivity contribution is 5.75. The molecule has 0 spiro atoms. The van der Waals surface area contributed by atoms with Gasteiger partial charge in [0.15, 0.2) is 0 Å². The number of hydrogen-bond acceptors (Lipinski definition) is 20. The average Bonchev–Trinajstić information content (AvgIpc) is 3.24. The molecule has 0 aromatic carbocycles. The van der Waals surface area contributed by atoms with Crippen molar-refractivity contribution in [2.75, 3.05) is 76.1 Å². The summed E-state index contributed by atoms with van der Waals surface area (Å²) in [6, 6.07) is 0.725. The van der Waals surface area contributed by atoms with E-state index >= 15 is 0 Å². The second kappa shape index (κ2) is 24.0. The topological polar surface area (TPSA) is 215 Å². The lowest BCUT2D eigenvalue weighted by atomic mass is 9.79. The summed E-state index contributed by atoms with van der Waals surface area (Å²) in [4.78, 5) is 66.5. The molecule has 78 heavy (non-hydrogen) atoms. The zero-order valence-corrected chi connectivity index (χ0v) is 52.3. The van der Waals surface area contributed by atoms with Gasteiger partial charge in [0.25, 0.3) is 0 Å². The summed E-state index contributed by atoms with van der Waals surface area (Å²) in [6.07, 6.45) is 7.13. The van der Waals surface area contributed by atoms with Gasteiger partial charge >= 0.3 is 11.9 Å². The van der Waals surface area contributed by atoms with Crippen molar-refractivity contribution in [1.29, 1.82) is 0 Å². The predicted octanol–water partition coefficient (Wildman–Crippen LogP) is 7.99. The largest absolute Gasteiger partial charge is 0.464 e. The van der Waals surface area contributed by atoms with Gasteiger partial charge in [-0.25, -0.2) is 0 Å². The van der Waals surface area contributed by atoms with Crippen LogP contribution in [0, 0.1) is 0 Å². The molecule has 0 amide bonds. The van der Waals surface area contributed by atoms with E-state index in [-0.39, 0.29) is 88.2 Å². The van der Waals surface area contributed by atoms with Crippen LogP contribution in [0.5, 0.6) is 0 Å². The first-order valence-electron chi connectivity index (χ1n) is 29.5. The smallest absolute Gasteiger partial charge is 0.325 e. The highest BCUT2D eigenvalue weighted by Crippen LogP contribution is 2.38. The highest BCUT2D eigenvalue weighted by Gasteiger charge is 2.45. The van der Waals surface area contributed by atoms with E-state index in [1.54, 1.807) is 6.92 Å². The molecule has 4 aliphatic heterocycles. The second-order valence-corrected chi connectivity index (χ2v) is 28.5. The molecule has 0 bridgehead atoms. The van der Waals surface area contributed by atoms with Crippen LogP contribution in [0.25, 0.3) is 0 Å². The van der Waals surface area contributed by atoms with E-state index in [1.807, 2.05) is 0 Å². The van der Waals surface area contributed by atoms with E-state index in [0.717, 1.165) is 51.4 Å². The minimum Gasteiger partial charge on any atom is -0.464 e. The number of hydrogen-bond donors (Lipinski definition) is 6. The monoisotopic (exact) mass is 1090 g/mol. The molecule has 1 unspecified atom stereocenters. The zero-order chi connectivity index (χ0) is 58.0. The minimum atomic E-state index is -0.530. The number of nitrogens with zero attached hydrogens (tertiary/aromatic N) is 10. The molecule has 442 valence electrons. The number of carbonyl (C=O) groups is 2. The lowest BCUT2D eigenvalue weighted by Gasteiger charge is -2.50. The minimum absolute atomic E-state index is 0.0559. The fraction of sp³-hybridized carbons (Fsp3) is 0.862. The summed E-state index contributed by atoms with van der Waals surface area (Å²) in [5.74, 6) is 2.05. The fourth-order valence-electron chi connectivity index (χ4n) is 14.6. The average molecular weight is 1090 g/mol. The van der Waals surface area contributed by atoms with Crippen LogP contribution in [-0.2, 0) is 19.1 Å². The Morgan fingerprint density at radius 2 is 0.692 bits per heavy atom. The van der Waals surface area contributed by atoms with E-state index in [4.69, 9.17) is 39.4 Å². The quantitative estimate of drug-likeness (QED) is 0.0616. The number of rotatable bonds is 22. The van der Waals surface area contributed by atoms with Crippen LogP contribution in [0.4, 0.5) is 35.7 Å². The summed E-state index contributed by atoms with van der Waals surface area (Å²) in [5.41, 5.74) is -0.685. The summed E-state index contributed by atoms with van der Waals surface area (Å²) in [7, 11) is 0. The van der Waals surface area contributed by atoms with Crippen LogP contribution in [0.3, 0.4) is 0 Å². The van der Waals surface area contributed by atoms with Gasteiger partial charge in [0.1, 0.15) is 19.2 Å². The summed E-state index contributed by atoms with van der Waals surface area (Å²) in [5, 5.41) is 21.7. The van der Waals surface area contributed by atoms with Crippen molar-refractivity contribution in [2.24, 2.45) is 0 Å². The molecule has 0 saturated carbocycles. The number of piperidine rings is 4. The van der Waals surface area contributed by atoms with Gasteiger partial charge in [-0.15, -0.1) is 0 Å². The Kier molecular flexibility index (Phi) is 19.3. The number of nitrogens with one attached hydrogen (secondary N) is 6. The maximum atomic E-state index is 13.5. The van der Waals surface area contributed by atoms with Gasteiger partial charge in [-0.1, -0.05) is 0 Å². The third-order valence-corrected chi connectivity index (χ3v) is 16.0. The number of anilines is 6. The Morgan fingerprint density at radius 1 is 0.449 bits per heavy atom. The third kappa shape index (κ3) is 17.3. The van der Waals surface area contributed by atoms with Crippen molar-refractivity contribution in [3.8, 4) is 0 Å². The van der Waals surface area contributed by atoms with Gasteiger partial charge in [-0.05, 0) is 197 Å². The van der Waals surface area contributed by atoms with Gasteiger partial charge < -0.3 is 61.0 Å². The zero-order valence-electron chi connectivity index (χ0n) is 52.3. The van der Waals surface area contributed by atoms with Crippen LogP contribution < -0.4 is 51.5 Å². The molecule has 4 aliphatic rings. The summed E-state index contributed by atoms with van der Waals surface area (Å²) in [6.45, 7) is 49.1. The van der Waals surface area contributed by atoms with Crippen molar-refractivity contribution in [3.63, 3.8) is 0 Å². The van der Waals surface area contributed by atoms with Crippen LogP contribution >= 0.6 is 0 Å². The normalized spacial score (nSPS) is 22.9. The Labute approximate surface area is 470 Å². The SMILES string of the molecule is CCN(c1nc(NCC(=O)OCCC(C)OC(=O)CNc2nc(N(CC)C3CC(C)(C)NC(C)(C)C3)nc(N(CC)C3CC(C)(C)NC(C)(C)C3)n2)nc(N(CC)C2CC(C)(C)NC(C)(C)C2)n1)C1CC(C)(C)NC(C)(C)C1. The molecule has 1 atom stereocenters. The second-order valence-electron chi connectivity index (χ2n) is 28.5. The molecule has 2 aromatic rings. The van der Waals surface area contributed by atoms with Crippen molar-refractivity contribution in [3.05, 3.63) is 0 Å². The Morgan fingerprint density at radius 3 is 0.936 bits per heavy atom. The van der Waals surface area contributed by atoms with Crippen LogP contribution in [0.1, 0.15) is 203 Å². The van der Waals surface area contributed by atoms with E-state index in [0.29, 0.717) is 68.3 Å². The van der Waals surface area contributed by atoms with Crippen LogP contribution in [0.15, 0.2) is 0 Å². The maximum Gasteiger partial charge on any atom is 0.325 e. The Hall–Kier alpha value is -4.40. The summed E-state index contributed by atoms with van der Waals surface area (Å²) >= 11 is 0. The highest BCUT2D eigenvalue weighted by atomic mass is 16.6. The number of aromatic nitrogens is 6. The van der Waals surface area contributed by atoms with E-state index in [1.165, 1.54) is 0 Å². The van der Waals surface area contributed by atoms with Gasteiger partial charge in [0.2, 0.25) is 35.7 Å². The van der Waals surface area contributed by atoms with E-state index in [2.05, 4.69) is 190 Å². The van der Waals surface area contributed by atoms with Gasteiger partial charge in [0.05, 0.1) is 6.61 Å². The first kappa shape index (κ1) is 62.8. The Bertz CT molecular complexity index is 2160. The fourth-order valence-corrected chi connectivity index (χ4v) is 14.6. The maximum absolute atomic E-state index is 13.5. The van der Waals surface area contributed by atoms with Crippen molar-refractivity contribution in [2.45, 2.75) is 278 Å². The van der Waals surface area contributed by atoms with Gasteiger partial charge in [-0.2, -0.15) is 29.9 Å². The Balaban J connectivity index is 1.12. The van der Waals surface area contributed by atoms with Crippen molar-refractivity contribution < 1.29 is 19.1 Å². The van der Waals surface area contributed by atoms with Crippen molar-refractivity contribution in [1.82, 2.24) is 51.2 Å². The predicted molar refractivity (Wildman–Crippen MR) is 317 cm³/mol. The third-order valence-electron chi connectivity index (χ3n) is 16.0. The molecule has 0 radical (unpaired) electrons.